The van der Waals surface area contributed by atoms with E-state index < -0.39 is 0 Å². The van der Waals surface area contributed by atoms with Crippen molar-refractivity contribution in [3.05, 3.63) is 34.9 Å². The molecule has 1 aromatic carbocycles. The molecule has 3 nitrogen and oxygen atoms in total. The third-order valence-corrected chi connectivity index (χ3v) is 4.23. The molecule has 0 saturated heterocycles. The Morgan fingerprint density at radius 1 is 1.05 bits per heavy atom. The fraction of sp³-hybridized carbons (Fsp3) is 0.562. The minimum Gasteiger partial charge on any atom is -0.270 e. The molecule has 0 aromatic heterocycles. The molecule has 0 atom stereocenters. The molecule has 0 aliphatic heterocycles. The molecule has 1 amide bonds. The molecule has 3 heteroatoms. The molecule has 1 aromatic rings. The number of hydrogen-bond acceptors (Lipinski definition) is 2. The summed E-state index contributed by atoms with van der Waals surface area (Å²) in [6.45, 7) is 0. The summed E-state index contributed by atoms with van der Waals surface area (Å²) in [7, 11) is 0. The predicted molar refractivity (Wildman–Crippen MR) is 73.9 cm³/mol. The van der Waals surface area contributed by atoms with E-state index in [-0.39, 0.29) is 12.0 Å². The Labute approximate surface area is 114 Å². The number of nitrogens with one attached hydrogen (secondary N) is 1. The highest BCUT2D eigenvalue weighted by Crippen LogP contribution is 2.23. The monoisotopic (exact) mass is 259 g/mol. The van der Waals surface area contributed by atoms with Crippen molar-refractivity contribution in [2.45, 2.75) is 57.5 Å². The summed E-state index contributed by atoms with van der Waals surface area (Å²) in [5.41, 5.74) is 6.07. The highest BCUT2D eigenvalue weighted by molar-refractivity contribution is 5.93. The average Bonchev–Trinajstić information content (AvgIpc) is 2.97. The lowest BCUT2D eigenvalue weighted by Gasteiger charge is -2.17. The number of hydroxylamine groups is 1. The van der Waals surface area contributed by atoms with Crippen LogP contribution in [0.5, 0.6) is 0 Å². The van der Waals surface area contributed by atoms with Crippen molar-refractivity contribution in [1.29, 1.82) is 0 Å². The summed E-state index contributed by atoms with van der Waals surface area (Å²) < 4.78 is 0. The topological polar surface area (TPSA) is 38.3 Å². The van der Waals surface area contributed by atoms with Crippen molar-refractivity contribution in [2.75, 3.05) is 0 Å². The van der Waals surface area contributed by atoms with Gasteiger partial charge in [0, 0.05) is 5.56 Å². The van der Waals surface area contributed by atoms with Crippen LogP contribution in [0.2, 0.25) is 0 Å². The van der Waals surface area contributed by atoms with Gasteiger partial charge in [-0.25, -0.2) is 5.48 Å². The van der Waals surface area contributed by atoms with E-state index in [0.717, 1.165) is 31.2 Å². The molecule has 1 saturated carbocycles. The highest BCUT2D eigenvalue weighted by Gasteiger charge is 2.18. The van der Waals surface area contributed by atoms with Crippen molar-refractivity contribution >= 4 is 5.91 Å². The van der Waals surface area contributed by atoms with Gasteiger partial charge in [0.1, 0.15) is 0 Å². The van der Waals surface area contributed by atoms with Crippen LogP contribution in [0.25, 0.3) is 0 Å². The molecular formula is C16H21NO2. The van der Waals surface area contributed by atoms with E-state index in [2.05, 4.69) is 11.5 Å². The quantitative estimate of drug-likeness (QED) is 0.847. The van der Waals surface area contributed by atoms with Crippen molar-refractivity contribution in [1.82, 2.24) is 5.48 Å². The van der Waals surface area contributed by atoms with E-state index in [9.17, 15) is 4.79 Å². The van der Waals surface area contributed by atoms with E-state index >= 15 is 0 Å². The minimum atomic E-state index is -0.111. The van der Waals surface area contributed by atoms with Crippen LogP contribution in [-0.4, -0.2) is 12.0 Å². The zero-order valence-corrected chi connectivity index (χ0v) is 11.3. The van der Waals surface area contributed by atoms with Crippen molar-refractivity contribution in [3.63, 3.8) is 0 Å². The number of carbonyl (C=O) groups excluding carboxylic acids is 1. The lowest BCUT2D eigenvalue weighted by molar-refractivity contribution is -0.0124. The van der Waals surface area contributed by atoms with E-state index in [1.165, 1.54) is 36.8 Å². The van der Waals surface area contributed by atoms with Crippen molar-refractivity contribution in [3.8, 4) is 0 Å². The first kappa shape index (κ1) is 12.7. The molecule has 3 rings (SSSR count). The zero-order valence-electron chi connectivity index (χ0n) is 11.3. The summed E-state index contributed by atoms with van der Waals surface area (Å²) in [6, 6.07) is 6.04. The first-order chi connectivity index (χ1) is 9.33. The molecule has 102 valence electrons. The molecule has 0 spiro atoms. The summed E-state index contributed by atoms with van der Waals surface area (Å²) in [6.07, 6.45) is 9.49. The lowest BCUT2D eigenvalue weighted by Crippen LogP contribution is -2.28. The lowest BCUT2D eigenvalue weighted by atomic mass is 9.90. The summed E-state index contributed by atoms with van der Waals surface area (Å²) in [4.78, 5) is 17.5. The van der Waals surface area contributed by atoms with Gasteiger partial charge >= 0.3 is 0 Å². The Kier molecular flexibility index (Phi) is 3.83. The third-order valence-electron chi connectivity index (χ3n) is 4.23. The first-order valence-electron chi connectivity index (χ1n) is 7.41. The number of benzene rings is 1. The Bertz CT molecular complexity index is 464. The number of fused-ring (bicyclic) bond motifs is 1. The Morgan fingerprint density at radius 3 is 2.58 bits per heavy atom. The maximum Gasteiger partial charge on any atom is 0.274 e. The molecule has 1 fully saturated rings. The van der Waals surface area contributed by atoms with Gasteiger partial charge in [-0.15, -0.1) is 0 Å². The van der Waals surface area contributed by atoms with Crippen molar-refractivity contribution in [2.24, 2.45) is 0 Å². The number of rotatable bonds is 3. The Morgan fingerprint density at radius 2 is 1.79 bits per heavy atom. The smallest absolute Gasteiger partial charge is 0.270 e. The fourth-order valence-electron chi connectivity index (χ4n) is 3.08. The van der Waals surface area contributed by atoms with Gasteiger partial charge in [-0.2, -0.15) is 0 Å². The second kappa shape index (κ2) is 5.74. The fourth-order valence-corrected chi connectivity index (χ4v) is 3.08. The summed E-state index contributed by atoms with van der Waals surface area (Å²) in [5.74, 6) is -0.111. The number of hydrogen-bond donors (Lipinski definition) is 1. The van der Waals surface area contributed by atoms with Crippen LogP contribution in [0.3, 0.4) is 0 Å². The van der Waals surface area contributed by atoms with Crippen LogP contribution in [-0.2, 0) is 17.7 Å². The van der Waals surface area contributed by atoms with Crippen LogP contribution >= 0.6 is 0 Å². The molecule has 1 N–H and O–H groups in total. The van der Waals surface area contributed by atoms with Gasteiger partial charge < -0.3 is 0 Å². The number of amides is 1. The molecule has 2 aliphatic carbocycles. The second-order valence-corrected chi connectivity index (χ2v) is 5.65. The standard InChI is InChI=1S/C16H21NO2/c18-16(17-19-15-7-3-4-8-15)14-10-9-12-5-1-2-6-13(12)11-14/h9-11,15H,1-8H2,(H,17,18). The van der Waals surface area contributed by atoms with Crippen LogP contribution in [0.1, 0.15) is 60.0 Å². The Balaban J connectivity index is 1.62. The maximum atomic E-state index is 12.1. The maximum absolute atomic E-state index is 12.1. The van der Waals surface area contributed by atoms with Crippen LogP contribution in [0.4, 0.5) is 0 Å². The molecule has 2 aliphatic rings. The zero-order chi connectivity index (χ0) is 13.1. The van der Waals surface area contributed by atoms with Gasteiger partial charge in [-0.3, -0.25) is 9.63 Å². The van der Waals surface area contributed by atoms with Gasteiger partial charge in [0.2, 0.25) is 0 Å². The normalized spacial score (nSPS) is 19.2. The van der Waals surface area contributed by atoms with E-state index in [1.807, 2.05) is 12.1 Å². The third kappa shape index (κ3) is 2.98. The van der Waals surface area contributed by atoms with E-state index in [1.54, 1.807) is 0 Å². The number of carbonyl (C=O) groups is 1. The largest absolute Gasteiger partial charge is 0.274 e. The van der Waals surface area contributed by atoms with Crippen molar-refractivity contribution < 1.29 is 9.63 Å². The number of aryl methyl sites for hydroxylation is 2. The Hall–Kier alpha value is -1.35. The highest BCUT2D eigenvalue weighted by atomic mass is 16.7. The van der Waals surface area contributed by atoms with Gasteiger partial charge in [-0.05, 0) is 61.8 Å². The first-order valence-corrected chi connectivity index (χ1v) is 7.41. The molecule has 0 bridgehead atoms. The van der Waals surface area contributed by atoms with Crippen LogP contribution in [0, 0.1) is 0 Å². The predicted octanol–water partition coefficient (Wildman–Crippen LogP) is 3.17. The average molecular weight is 259 g/mol. The molecular weight excluding hydrogens is 238 g/mol. The van der Waals surface area contributed by atoms with Gasteiger partial charge in [0.25, 0.3) is 5.91 Å². The van der Waals surface area contributed by atoms with Gasteiger partial charge in [-0.1, -0.05) is 18.9 Å². The molecule has 0 radical (unpaired) electrons. The molecule has 19 heavy (non-hydrogen) atoms. The van der Waals surface area contributed by atoms with Crippen LogP contribution in [0.15, 0.2) is 18.2 Å². The molecule has 0 heterocycles. The summed E-state index contributed by atoms with van der Waals surface area (Å²) in [5, 5.41) is 0. The summed E-state index contributed by atoms with van der Waals surface area (Å²) >= 11 is 0. The van der Waals surface area contributed by atoms with E-state index in [0.29, 0.717) is 0 Å². The SMILES string of the molecule is O=C(NOC1CCCC1)c1ccc2c(c1)CCCC2. The van der Waals surface area contributed by atoms with Gasteiger partial charge in [0.15, 0.2) is 0 Å². The van der Waals surface area contributed by atoms with E-state index in [4.69, 9.17) is 4.84 Å². The van der Waals surface area contributed by atoms with Crippen LogP contribution < -0.4 is 5.48 Å². The minimum absolute atomic E-state index is 0.111. The second-order valence-electron chi connectivity index (χ2n) is 5.65. The van der Waals surface area contributed by atoms with Gasteiger partial charge in [0.05, 0.1) is 6.10 Å². The molecule has 0 unspecified atom stereocenters.